The molecule has 2 fully saturated rings. The molecule has 0 radical (unpaired) electrons. The minimum atomic E-state index is -3.13. The number of rotatable bonds is 4. The van der Waals surface area contributed by atoms with Gasteiger partial charge in [-0.05, 0) is 61.4 Å². The van der Waals surface area contributed by atoms with Crippen molar-refractivity contribution >= 4 is 44.8 Å². The van der Waals surface area contributed by atoms with Crippen LogP contribution in [0, 0.1) is 5.41 Å². The Bertz CT molecular complexity index is 1160. The Morgan fingerprint density at radius 3 is 2.55 bits per heavy atom. The molecule has 2 amide bonds. The van der Waals surface area contributed by atoms with E-state index < -0.39 is 15.8 Å². The van der Waals surface area contributed by atoms with Gasteiger partial charge >= 0.3 is 6.09 Å². The van der Waals surface area contributed by atoms with Gasteiger partial charge in [-0.25, -0.2) is 14.0 Å². The van der Waals surface area contributed by atoms with Crippen molar-refractivity contribution in [3.05, 3.63) is 47.1 Å². The highest BCUT2D eigenvalue weighted by molar-refractivity contribution is 7.93. The lowest BCUT2D eigenvalue weighted by Crippen LogP contribution is -2.36. The summed E-state index contributed by atoms with van der Waals surface area (Å²) < 4.78 is 15.8. The van der Waals surface area contributed by atoms with Crippen molar-refractivity contribution in [1.29, 1.82) is 0 Å². The van der Waals surface area contributed by atoms with Crippen LogP contribution in [0.15, 0.2) is 45.7 Å². The first-order valence-corrected chi connectivity index (χ1v) is 12.3. The maximum Gasteiger partial charge on any atom is 0.439 e. The number of hydrogen-bond acceptors (Lipinski definition) is 5. The van der Waals surface area contributed by atoms with Crippen LogP contribution in [0.4, 0.5) is 16.3 Å². The Hall–Kier alpha value is -2.65. The van der Waals surface area contributed by atoms with Crippen LogP contribution in [-0.2, 0) is 9.73 Å². The molecular formula is C21H23ClN4O4S. The number of carbonyl (C=O) groups excluding carboxylic acids is 1. The van der Waals surface area contributed by atoms with E-state index in [0.717, 1.165) is 25.9 Å². The number of hydrogen-bond donors (Lipinski definition) is 2. The highest BCUT2D eigenvalue weighted by atomic mass is 35.5. The van der Waals surface area contributed by atoms with Crippen LogP contribution >= 0.6 is 11.6 Å². The van der Waals surface area contributed by atoms with Crippen LogP contribution in [0.2, 0.25) is 5.15 Å². The minimum Gasteiger partial charge on any atom is -0.463 e. The van der Waals surface area contributed by atoms with E-state index in [-0.39, 0.29) is 10.8 Å². The molecule has 8 nitrogen and oxygen atoms in total. The average Bonchev–Trinajstić information content (AvgIpc) is 3.46. The van der Waals surface area contributed by atoms with Crippen LogP contribution in [0.1, 0.15) is 36.0 Å². The van der Waals surface area contributed by atoms with Crippen molar-refractivity contribution in [1.82, 2.24) is 4.98 Å². The lowest BCUT2D eigenvalue weighted by atomic mass is 9.93. The molecule has 4 rings (SSSR count). The van der Waals surface area contributed by atoms with E-state index in [1.54, 1.807) is 24.3 Å². The second-order valence-electron chi connectivity index (χ2n) is 8.15. The molecule has 31 heavy (non-hydrogen) atoms. The van der Waals surface area contributed by atoms with Crippen LogP contribution in [0.3, 0.4) is 0 Å². The molecule has 1 aliphatic carbocycles. The average molecular weight is 463 g/mol. The number of nitrogens with one attached hydrogen (secondary N) is 1. The third-order valence-corrected chi connectivity index (χ3v) is 7.79. The molecule has 2 heterocycles. The Morgan fingerprint density at radius 1 is 1.19 bits per heavy atom. The van der Waals surface area contributed by atoms with Gasteiger partial charge in [-0.3, -0.25) is 4.79 Å². The molecule has 1 aromatic carbocycles. The zero-order chi connectivity index (χ0) is 22.2. The van der Waals surface area contributed by atoms with E-state index in [9.17, 15) is 13.8 Å². The van der Waals surface area contributed by atoms with Gasteiger partial charge in [0, 0.05) is 29.9 Å². The van der Waals surface area contributed by atoms with Crippen molar-refractivity contribution < 1.29 is 18.9 Å². The monoisotopic (exact) mass is 462 g/mol. The summed E-state index contributed by atoms with van der Waals surface area (Å²) in [4.78, 5) is 30.7. The first-order valence-electron chi connectivity index (χ1n) is 9.96. The summed E-state index contributed by atoms with van der Waals surface area (Å²) in [7, 11) is -3.13. The van der Waals surface area contributed by atoms with Gasteiger partial charge in [-0.2, -0.15) is 0 Å². The van der Waals surface area contributed by atoms with Crippen molar-refractivity contribution in [2.24, 2.45) is 9.78 Å². The minimum absolute atomic E-state index is 0.216. The van der Waals surface area contributed by atoms with Gasteiger partial charge in [0.15, 0.2) is 0 Å². The number of piperidine rings is 1. The zero-order valence-corrected chi connectivity index (χ0v) is 18.6. The van der Waals surface area contributed by atoms with Crippen LogP contribution in [-0.4, -0.2) is 45.6 Å². The smallest absolute Gasteiger partial charge is 0.439 e. The number of anilines is 2. The van der Waals surface area contributed by atoms with Crippen molar-refractivity contribution in [2.45, 2.75) is 30.6 Å². The van der Waals surface area contributed by atoms with Gasteiger partial charge in [-0.1, -0.05) is 17.7 Å². The maximum atomic E-state index is 13.1. The third-order valence-electron chi connectivity index (χ3n) is 5.95. The first kappa shape index (κ1) is 21.6. The Balaban J connectivity index is 1.58. The second kappa shape index (κ2) is 8.12. The molecule has 2 N–H and O–H groups in total. The van der Waals surface area contributed by atoms with Gasteiger partial charge in [-0.15, -0.1) is 4.36 Å². The standard InChI is InChI=1S/C21H23ClN4O4S/c1-31(30,25-20(28)29)15-4-2-3-14(13-15)23-19(27)16-5-6-17(22)24-18(16)26-11-9-21(7-8-21)10-12-26/h2-6,13H,7-12H2,1H3,(H,23,27)(H,28,29). The fourth-order valence-electron chi connectivity index (χ4n) is 3.92. The van der Waals surface area contributed by atoms with Crippen molar-refractivity contribution in [3.63, 3.8) is 0 Å². The van der Waals surface area contributed by atoms with Gasteiger partial charge < -0.3 is 15.3 Å². The highest BCUT2D eigenvalue weighted by Gasteiger charge is 2.44. The molecule has 164 valence electrons. The predicted octanol–water partition coefficient (Wildman–Crippen LogP) is 4.50. The number of amides is 2. The van der Waals surface area contributed by atoms with Crippen molar-refractivity contribution in [2.75, 3.05) is 29.6 Å². The fraction of sp³-hybridized carbons (Fsp3) is 0.381. The number of pyridine rings is 1. The maximum absolute atomic E-state index is 13.1. The number of carboxylic acid groups (broad SMARTS) is 1. The quantitative estimate of drug-likeness (QED) is 0.647. The molecule has 1 saturated heterocycles. The first-order chi connectivity index (χ1) is 14.7. The van der Waals surface area contributed by atoms with Crippen LogP contribution < -0.4 is 10.2 Å². The highest BCUT2D eigenvalue weighted by Crippen LogP contribution is 2.54. The van der Waals surface area contributed by atoms with Crippen molar-refractivity contribution in [3.8, 4) is 0 Å². The Kier molecular flexibility index (Phi) is 5.65. The van der Waals surface area contributed by atoms with Gasteiger partial charge in [0.1, 0.15) is 11.0 Å². The van der Waals surface area contributed by atoms with E-state index in [1.807, 2.05) is 0 Å². The number of halogens is 1. The summed E-state index contributed by atoms with van der Waals surface area (Å²) >= 11 is 6.12. The normalized spacial score (nSPS) is 18.8. The Labute approximate surface area is 185 Å². The molecule has 1 saturated carbocycles. The number of nitrogens with zero attached hydrogens (tertiary/aromatic N) is 3. The van der Waals surface area contributed by atoms with E-state index in [1.165, 1.54) is 31.2 Å². The summed E-state index contributed by atoms with van der Waals surface area (Å²) in [5.74, 6) is 0.178. The summed E-state index contributed by atoms with van der Waals surface area (Å²) in [6, 6.07) is 9.43. The molecule has 0 bridgehead atoms. The molecule has 2 aliphatic rings. The number of benzene rings is 1. The van der Waals surface area contributed by atoms with Crippen LogP contribution in [0.5, 0.6) is 0 Å². The molecular weight excluding hydrogens is 440 g/mol. The lowest BCUT2D eigenvalue weighted by Gasteiger charge is -2.33. The largest absolute Gasteiger partial charge is 0.463 e. The van der Waals surface area contributed by atoms with E-state index >= 15 is 0 Å². The predicted molar refractivity (Wildman–Crippen MR) is 120 cm³/mol. The van der Waals surface area contributed by atoms with E-state index in [0.29, 0.717) is 27.6 Å². The van der Waals surface area contributed by atoms with Gasteiger partial charge in [0.25, 0.3) is 5.91 Å². The molecule has 2 aromatic rings. The molecule has 1 atom stereocenters. The molecule has 1 spiro atoms. The number of aromatic nitrogens is 1. The zero-order valence-electron chi connectivity index (χ0n) is 17.0. The molecule has 1 aliphatic heterocycles. The van der Waals surface area contributed by atoms with E-state index in [2.05, 4.69) is 19.6 Å². The fourth-order valence-corrected chi connectivity index (χ4v) is 5.15. The molecule has 1 unspecified atom stereocenters. The van der Waals surface area contributed by atoms with Crippen LogP contribution in [0.25, 0.3) is 0 Å². The second-order valence-corrected chi connectivity index (χ2v) is 10.8. The number of carbonyl (C=O) groups is 2. The molecule has 10 heteroatoms. The summed E-state index contributed by atoms with van der Waals surface area (Å²) in [5, 5.41) is 12.0. The molecule has 1 aromatic heterocycles. The Morgan fingerprint density at radius 2 is 1.90 bits per heavy atom. The SMILES string of the molecule is CS(=O)(=NC(=O)O)c1cccc(NC(=O)c2ccc(Cl)nc2N2CCC3(CC2)CC3)c1. The van der Waals surface area contributed by atoms with Gasteiger partial charge in [0.2, 0.25) is 0 Å². The third kappa shape index (κ3) is 4.83. The summed E-state index contributed by atoms with van der Waals surface area (Å²) in [5.41, 5.74) is 1.27. The lowest BCUT2D eigenvalue weighted by molar-refractivity contribution is 0.102. The van der Waals surface area contributed by atoms with E-state index in [4.69, 9.17) is 16.7 Å². The summed E-state index contributed by atoms with van der Waals surface area (Å²) in [6.07, 6.45) is 4.47. The van der Waals surface area contributed by atoms with Gasteiger partial charge in [0.05, 0.1) is 15.3 Å². The topological polar surface area (TPSA) is 112 Å². The summed E-state index contributed by atoms with van der Waals surface area (Å²) in [6.45, 7) is 1.66.